The first kappa shape index (κ1) is 13.1. The summed E-state index contributed by atoms with van der Waals surface area (Å²) in [6.45, 7) is 4.35. The third-order valence-electron chi connectivity index (χ3n) is 2.65. The molecule has 4 heteroatoms. The lowest BCUT2D eigenvalue weighted by atomic mass is 10.1. The van der Waals surface area contributed by atoms with E-state index in [0.29, 0.717) is 12.3 Å². The maximum Gasteiger partial charge on any atom is 0.337 e. The first-order valence-electron chi connectivity index (χ1n) is 5.94. The lowest BCUT2D eigenvalue weighted by Crippen LogP contribution is -2.02. The van der Waals surface area contributed by atoms with Crippen molar-refractivity contribution in [1.29, 1.82) is 0 Å². The molecule has 2 rings (SSSR count). The zero-order valence-corrected chi connectivity index (χ0v) is 10.9. The molecule has 1 heterocycles. The lowest BCUT2D eigenvalue weighted by molar-refractivity contribution is 0.0696. The molecule has 19 heavy (non-hydrogen) atoms. The van der Waals surface area contributed by atoms with Crippen molar-refractivity contribution in [3.8, 4) is 5.75 Å². The second kappa shape index (κ2) is 5.52. The fourth-order valence-electron chi connectivity index (χ4n) is 1.81. The van der Waals surface area contributed by atoms with Crippen LogP contribution in [-0.4, -0.2) is 16.1 Å². The van der Waals surface area contributed by atoms with E-state index in [2.05, 4.69) is 11.1 Å². The van der Waals surface area contributed by atoms with Gasteiger partial charge in [-0.05, 0) is 49.2 Å². The van der Waals surface area contributed by atoms with Gasteiger partial charge in [0.05, 0.1) is 11.3 Å². The molecule has 1 N–H and O–H groups in total. The zero-order valence-electron chi connectivity index (χ0n) is 10.9. The van der Waals surface area contributed by atoms with Crippen LogP contribution in [0.1, 0.15) is 27.2 Å². The van der Waals surface area contributed by atoms with E-state index in [4.69, 9.17) is 9.84 Å². The predicted octanol–water partition coefficient (Wildman–Crippen LogP) is 2.98. The summed E-state index contributed by atoms with van der Waals surface area (Å²) in [6.07, 6.45) is 1.34. The molecular weight excluding hydrogens is 242 g/mol. The largest absolute Gasteiger partial charge is 0.487 e. The number of hydrogen-bond donors (Lipinski definition) is 1. The topological polar surface area (TPSA) is 59.4 Å². The van der Waals surface area contributed by atoms with Crippen LogP contribution < -0.4 is 4.74 Å². The number of aromatic carboxylic acids is 1. The highest BCUT2D eigenvalue weighted by atomic mass is 16.5. The average molecular weight is 257 g/mol. The van der Waals surface area contributed by atoms with Gasteiger partial charge < -0.3 is 9.84 Å². The highest BCUT2D eigenvalue weighted by Gasteiger charge is 2.04. The summed E-state index contributed by atoms with van der Waals surface area (Å²) >= 11 is 0. The second-order valence-electron chi connectivity index (χ2n) is 4.46. The molecule has 0 bridgehead atoms. The quantitative estimate of drug-likeness (QED) is 0.914. The highest BCUT2D eigenvalue weighted by molar-refractivity contribution is 5.87. The number of hydrogen-bond acceptors (Lipinski definition) is 3. The molecule has 0 radical (unpaired) electrons. The summed E-state index contributed by atoms with van der Waals surface area (Å²) < 4.78 is 5.64. The number of aryl methyl sites for hydroxylation is 2. The summed E-state index contributed by atoms with van der Waals surface area (Å²) in [5, 5.41) is 8.77. The molecule has 0 saturated carbocycles. The van der Waals surface area contributed by atoms with Gasteiger partial charge in [-0.25, -0.2) is 4.79 Å². The molecule has 0 fully saturated rings. The van der Waals surface area contributed by atoms with Crippen LogP contribution in [0.5, 0.6) is 5.75 Å². The Bertz CT molecular complexity index is 571. The number of pyridine rings is 1. The molecule has 1 aromatic heterocycles. The summed E-state index contributed by atoms with van der Waals surface area (Å²) in [4.78, 5) is 14.7. The monoisotopic (exact) mass is 257 g/mol. The number of aromatic nitrogens is 1. The Morgan fingerprint density at radius 2 is 1.89 bits per heavy atom. The van der Waals surface area contributed by atoms with Crippen molar-refractivity contribution in [3.63, 3.8) is 0 Å². The van der Waals surface area contributed by atoms with Crippen molar-refractivity contribution < 1.29 is 14.6 Å². The summed E-state index contributed by atoms with van der Waals surface area (Å²) in [7, 11) is 0. The van der Waals surface area contributed by atoms with Crippen molar-refractivity contribution in [3.05, 3.63) is 58.9 Å². The molecule has 0 amide bonds. The molecule has 4 nitrogen and oxygen atoms in total. The van der Waals surface area contributed by atoms with E-state index in [1.54, 1.807) is 6.07 Å². The predicted molar refractivity (Wildman–Crippen MR) is 71.4 cm³/mol. The van der Waals surface area contributed by atoms with Gasteiger partial charge in [0.1, 0.15) is 12.4 Å². The van der Waals surface area contributed by atoms with E-state index in [1.165, 1.54) is 12.3 Å². The molecule has 0 spiro atoms. The molecule has 0 aliphatic rings. The fourth-order valence-corrected chi connectivity index (χ4v) is 1.81. The first-order valence-corrected chi connectivity index (χ1v) is 5.94. The third kappa shape index (κ3) is 3.55. The highest BCUT2D eigenvalue weighted by Crippen LogP contribution is 2.17. The lowest BCUT2D eigenvalue weighted by Gasteiger charge is -2.08. The standard InChI is InChI=1S/C15H15NO3/c1-10-5-11(2)7-14(6-10)19-9-13-4-3-12(8-16-13)15(17)18/h3-8H,9H2,1-2H3,(H,17,18). The Morgan fingerprint density at radius 1 is 1.21 bits per heavy atom. The van der Waals surface area contributed by atoms with Gasteiger partial charge in [-0.15, -0.1) is 0 Å². The maximum absolute atomic E-state index is 10.7. The summed E-state index contributed by atoms with van der Waals surface area (Å²) in [5.74, 6) is -0.184. The molecule has 0 saturated heterocycles. The van der Waals surface area contributed by atoms with Crippen LogP contribution in [0.2, 0.25) is 0 Å². The van der Waals surface area contributed by atoms with Crippen LogP contribution in [0.15, 0.2) is 36.5 Å². The maximum atomic E-state index is 10.7. The van der Waals surface area contributed by atoms with Crippen LogP contribution >= 0.6 is 0 Å². The minimum Gasteiger partial charge on any atom is -0.487 e. The van der Waals surface area contributed by atoms with E-state index in [-0.39, 0.29) is 5.56 Å². The number of ether oxygens (including phenoxy) is 1. The van der Waals surface area contributed by atoms with Crippen molar-refractivity contribution in [2.24, 2.45) is 0 Å². The molecule has 0 atom stereocenters. The number of carbonyl (C=O) groups is 1. The Labute approximate surface area is 111 Å². The number of rotatable bonds is 4. The molecule has 0 aliphatic heterocycles. The van der Waals surface area contributed by atoms with Gasteiger partial charge in [0.15, 0.2) is 0 Å². The van der Waals surface area contributed by atoms with Crippen LogP contribution in [0, 0.1) is 13.8 Å². The van der Waals surface area contributed by atoms with Gasteiger partial charge >= 0.3 is 5.97 Å². The fraction of sp³-hybridized carbons (Fsp3) is 0.200. The van der Waals surface area contributed by atoms with E-state index in [9.17, 15) is 4.79 Å². The molecular formula is C15H15NO3. The normalized spacial score (nSPS) is 10.2. The van der Waals surface area contributed by atoms with Crippen LogP contribution in [0.3, 0.4) is 0 Å². The Kier molecular flexibility index (Phi) is 3.80. The van der Waals surface area contributed by atoms with Gasteiger partial charge in [-0.2, -0.15) is 0 Å². The number of carboxylic acid groups (broad SMARTS) is 1. The van der Waals surface area contributed by atoms with Crippen molar-refractivity contribution >= 4 is 5.97 Å². The van der Waals surface area contributed by atoms with Crippen LogP contribution in [0.25, 0.3) is 0 Å². The van der Waals surface area contributed by atoms with Crippen LogP contribution in [-0.2, 0) is 6.61 Å². The molecule has 1 aromatic carbocycles. The third-order valence-corrected chi connectivity index (χ3v) is 2.65. The van der Waals surface area contributed by atoms with E-state index in [1.807, 2.05) is 26.0 Å². The number of nitrogens with zero attached hydrogens (tertiary/aromatic N) is 1. The number of carboxylic acids is 1. The zero-order chi connectivity index (χ0) is 13.8. The van der Waals surface area contributed by atoms with E-state index in [0.717, 1.165) is 16.9 Å². The van der Waals surface area contributed by atoms with E-state index < -0.39 is 5.97 Å². The Balaban J connectivity index is 2.03. The molecule has 98 valence electrons. The van der Waals surface area contributed by atoms with Crippen molar-refractivity contribution in [2.45, 2.75) is 20.5 Å². The van der Waals surface area contributed by atoms with Crippen molar-refractivity contribution in [2.75, 3.05) is 0 Å². The van der Waals surface area contributed by atoms with Gasteiger partial charge in [-0.1, -0.05) is 6.07 Å². The second-order valence-corrected chi connectivity index (χ2v) is 4.46. The SMILES string of the molecule is Cc1cc(C)cc(OCc2ccc(C(=O)O)cn2)c1. The van der Waals surface area contributed by atoms with E-state index >= 15 is 0 Å². The number of benzene rings is 1. The van der Waals surface area contributed by atoms with Gasteiger partial charge in [0, 0.05) is 6.20 Å². The summed E-state index contributed by atoms with van der Waals surface area (Å²) in [5.41, 5.74) is 3.16. The Hall–Kier alpha value is -2.36. The van der Waals surface area contributed by atoms with Crippen molar-refractivity contribution in [1.82, 2.24) is 4.98 Å². The van der Waals surface area contributed by atoms with Crippen LogP contribution in [0.4, 0.5) is 0 Å². The smallest absolute Gasteiger partial charge is 0.337 e. The minimum atomic E-state index is -0.978. The van der Waals surface area contributed by atoms with Gasteiger partial charge in [0.2, 0.25) is 0 Å². The first-order chi connectivity index (χ1) is 9.04. The molecule has 2 aromatic rings. The minimum absolute atomic E-state index is 0.176. The molecule has 0 aliphatic carbocycles. The molecule has 0 unspecified atom stereocenters. The average Bonchev–Trinajstić information content (AvgIpc) is 2.36. The van der Waals surface area contributed by atoms with Gasteiger partial charge in [0.25, 0.3) is 0 Å². The van der Waals surface area contributed by atoms with Gasteiger partial charge in [-0.3, -0.25) is 4.98 Å². The summed E-state index contributed by atoms with van der Waals surface area (Å²) in [6, 6.07) is 9.17. The Morgan fingerprint density at radius 3 is 2.42 bits per heavy atom.